The Labute approximate surface area is 87.3 Å². The van der Waals surface area contributed by atoms with E-state index in [2.05, 4.69) is 15.3 Å². The fourth-order valence-corrected chi connectivity index (χ4v) is 1.03. The van der Waals surface area contributed by atoms with Crippen LogP contribution in [0.4, 0.5) is 10.3 Å². The molecule has 1 atom stereocenters. The van der Waals surface area contributed by atoms with E-state index in [1.165, 1.54) is 7.11 Å². The summed E-state index contributed by atoms with van der Waals surface area (Å²) in [4.78, 5) is 7.42. The third-order valence-electron chi connectivity index (χ3n) is 1.74. The van der Waals surface area contributed by atoms with Crippen molar-refractivity contribution in [2.75, 3.05) is 25.6 Å². The Morgan fingerprint density at radius 1 is 1.53 bits per heavy atom. The van der Waals surface area contributed by atoms with E-state index in [1.807, 2.05) is 0 Å². The van der Waals surface area contributed by atoms with Gasteiger partial charge in [0.1, 0.15) is 0 Å². The molecule has 15 heavy (non-hydrogen) atoms. The van der Waals surface area contributed by atoms with Crippen LogP contribution in [-0.4, -0.2) is 41.4 Å². The zero-order chi connectivity index (χ0) is 11.1. The van der Waals surface area contributed by atoms with E-state index in [0.29, 0.717) is 25.5 Å². The third-order valence-corrected chi connectivity index (χ3v) is 1.74. The Balaban J connectivity index is 2.22. The van der Waals surface area contributed by atoms with Crippen LogP contribution in [0.25, 0.3) is 0 Å². The maximum atomic E-state index is 12.4. The summed E-state index contributed by atoms with van der Waals surface area (Å²) in [5.41, 5.74) is 0. The lowest BCUT2D eigenvalue weighted by Crippen LogP contribution is -2.18. The van der Waals surface area contributed by atoms with E-state index in [4.69, 9.17) is 4.74 Å². The number of aliphatic hydroxyl groups excluding tert-OH is 1. The van der Waals surface area contributed by atoms with Gasteiger partial charge in [0, 0.05) is 13.7 Å². The molecule has 1 rings (SSSR count). The molecule has 0 fully saturated rings. The highest BCUT2D eigenvalue weighted by Gasteiger charge is 2.03. The molecular weight excluding hydrogens is 201 g/mol. The first-order valence-electron chi connectivity index (χ1n) is 4.61. The Hall–Kier alpha value is -1.27. The minimum Gasteiger partial charge on any atom is -0.391 e. The average molecular weight is 215 g/mol. The predicted molar refractivity (Wildman–Crippen MR) is 53.0 cm³/mol. The molecule has 0 bridgehead atoms. The first-order chi connectivity index (χ1) is 7.22. The summed E-state index contributed by atoms with van der Waals surface area (Å²) < 4.78 is 17.2. The molecule has 0 aliphatic rings. The molecule has 0 spiro atoms. The van der Waals surface area contributed by atoms with E-state index >= 15 is 0 Å². The fraction of sp³-hybridized carbons (Fsp3) is 0.556. The minimum absolute atomic E-state index is 0.298. The number of methoxy groups -OCH3 is 1. The summed E-state index contributed by atoms with van der Waals surface area (Å²) in [5, 5.41) is 12.2. The number of anilines is 1. The molecule has 2 N–H and O–H groups in total. The second kappa shape index (κ2) is 6.26. The van der Waals surface area contributed by atoms with Crippen molar-refractivity contribution in [3.05, 3.63) is 18.2 Å². The van der Waals surface area contributed by atoms with Gasteiger partial charge in [0.15, 0.2) is 5.82 Å². The smallest absolute Gasteiger partial charge is 0.222 e. The number of aliphatic hydroxyl groups is 1. The standard InChI is InChI=1S/C9H14FN3O2/c1-15-6-8(14)2-3-11-9-12-4-7(10)5-13-9/h4-5,8,14H,2-3,6H2,1H3,(H,11,12,13). The van der Waals surface area contributed by atoms with Crippen molar-refractivity contribution in [2.45, 2.75) is 12.5 Å². The van der Waals surface area contributed by atoms with Gasteiger partial charge >= 0.3 is 0 Å². The summed E-state index contributed by atoms with van der Waals surface area (Å²) >= 11 is 0. The SMILES string of the molecule is COCC(O)CCNc1ncc(F)cn1. The van der Waals surface area contributed by atoms with Crippen molar-refractivity contribution in [3.8, 4) is 0 Å². The van der Waals surface area contributed by atoms with Crippen molar-refractivity contribution in [1.29, 1.82) is 0 Å². The van der Waals surface area contributed by atoms with Crippen molar-refractivity contribution >= 4 is 5.95 Å². The monoisotopic (exact) mass is 215 g/mol. The van der Waals surface area contributed by atoms with Gasteiger partial charge in [-0.3, -0.25) is 0 Å². The Morgan fingerprint density at radius 3 is 2.80 bits per heavy atom. The summed E-state index contributed by atoms with van der Waals surface area (Å²) in [7, 11) is 1.53. The molecular formula is C9H14FN3O2. The maximum Gasteiger partial charge on any atom is 0.222 e. The Morgan fingerprint density at radius 2 is 2.20 bits per heavy atom. The molecule has 84 valence electrons. The molecule has 1 heterocycles. The van der Waals surface area contributed by atoms with Gasteiger partial charge in [-0.1, -0.05) is 0 Å². The van der Waals surface area contributed by atoms with E-state index in [-0.39, 0.29) is 0 Å². The summed E-state index contributed by atoms with van der Waals surface area (Å²) in [6.07, 6.45) is 2.18. The molecule has 0 aromatic carbocycles. The van der Waals surface area contributed by atoms with Crippen molar-refractivity contribution in [1.82, 2.24) is 9.97 Å². The lowest BCUT2D eigenvalue weighted by molar-refractivity contribution is 0.0615. The van der Waals surface area contributed by atoms with Crippen LogP contribution >= 0.6 is 0 Å². The zero-order valence-electron chi connectivity index (χ0n) is 8.48. The number of nitrogens with one attached hydrogen (secondary N) is 1. The van der Waals surface area contributed by atoms with E-state index in [0.717, 1.165) is 12.4 Å². The Bertz CT molecular complexity index is 281. The summed E-state index contributed by atoms with van der Waals surface area (Å²) in [6.45, 7) is 0.808. The normalized spacial score (nSPS) is 12.5. The number of halogens is 1. The highest BCUT2D eigenvalue weighted by atomic mass is 19.1. The third kappa shape index (κ3) is 4.66. The molecule has 0 saturated carbocycles. The average Bonchev–Trinajstić information content (AvgIpc) is 2.21. The van der Waals surface area contributed by atoms with Crippen LogP contribution in [0.3, 0.4) is 0 Å². The van der Waals surface area contributed by atoms with Gasteiger partial charge in [-0.05, 0) is 6.42 Å². The summed E-state index contributed by atoms with van der Waals surface area (Å²) in [5.74, 6) is -0.124. The second-order valence-electron chi connectivity index (χ2n) is 3.05. The van der Waals surface area contributed by atoms with Crippen LogP contribution in [0.5, 0.6) is 0 Å². The fourth-order valence-electron chi connectivity index (χ4n) is 1.03. The molecule has 0 saturated heterocycles. The van der Waals surface area contributed by atoms with Crippen LogP contribution in [-0.2, 0) is 4.74 Å². The number of rotatable bonds is 6. The minimum atomic E-state index is -0.511. The van der Waals surface area contributed by atoms with Gasteiger partial charge in [-0.25, -0.2) is 14.4 Å². The van der Waals surface area contributed by atoms with Gasteiger partial charge in [-0.15, -0.1) is 0 Å². The highest BCUT2D eigenvalue weighted by Crippen LogP contribution is 1.99. The highest BCUT2D eigenvalue weighted by molar-refractivity contribution is 5.21. The predicted octanol–water partition coefficient (Wildman–Crippen LogP) is 0.425. The number of nitrogens with zero attached hydrogens (tertiary/aromatic N) is 2. The van der Waals surface area contributed by atoms with Gasteiger partial charge in [0.05, 0.1) is 25.1 Å². The number of hydrogen-bond acceptors (Lipinski definition) is 5. The second-order valence-corrected chi connectivity index (χ2v) is 3.05. The van der Waals surface area contributed by atoms with Crippen LogP contribution in [0.2, 0.25) is 0 Å². The first-order valence-corrected chi connectivity index (χ1v) is 4.61. The largest absolute Gasteiger partial charge is 0.391 e. The molecule has 1 unspecified atom stereocenters. The van der Waals surface area contributed by atoms with Crippen LogP contribution in [0, 0.1) is 5.82 Å². The lowest BCUT2D eigenvalue weighted by Gasteiger charge is -2.09. The molecule has 0 amide bonds. The number of ether oxygens (including phenoxy) is 1. The number of aromatic nitrogens is 2. The Kier molecular flexibility index (Phi) is 4.92. The van der Waals surface area contributed by atoms with Gasteiger partial charge in [0.25, 0.3) is 0 Å². The molecule has 0 aliphatic heterocycles. The topological polar surface area (TPSA) is 67.3 Å². The van der Waals surface area contributed by atoms with Crippen LogP contribution < -0.4 is 5.32 Å². The molecule has 1 aromatic heterocycles. The van der Waals surface area contributed by atoms with Gasteiger partial charge in [0.2, 0.25) is 5.95 Å². The molecule has 1 aromatic rings. The van der Waals surface area contributed by atoms with E-state index < -0.39 is 11.9 Å². The molecule has 0 radical (unpaired) electrons. The molecule has 5 nitrogen and oxygen atoms in total. The first kappa shape index (κ1) is 11.8. The molecule has 0 aliphatic carbocycles. The number of hydrogen-bond donors (Lipinski definition) is 2. The molecule has 6 heteroatoms. The quantitative estimate of drug-likeness (QED) is 0.720. The lowest BCUT2D eigenvalue weighted by atomic mass is 10.3. The van der Waals surface area contributed by atoms with Crippen LogP contribution in [0.15, 0.2) is 12.4 Å². The maximum absolute atomic E-state index is 12.4. The van der Waals surface area contributed by atoms with Crippen molar-refractivity contribution in [3.63, 3.8) is 0 Å². The van der Waals surface area contributed by atoms with E-state index in [1.54, 1.807) is 0 Å². The van der Waals surface area contributed by atoms with Crippen LogP contribution in [0.1, 0.15) is 6.42 Å². The van der Waals surface area contributed by atoms with Gasteiger partial charge in [-0.2, -0.15) is 0 Å². The van der Waals surface area contributed by atoms with Crippen molar-refractivity contribution in [2.24, 2.45) is 0 Å². The zero-order valence-corrected chi connectivity index (χ0v) is 8.48. The van der Waals surface area contributed by atoms with Gasteiger partial charge < -0.3 is 15.2 Å². The van der Waals surface area contributed by atoms with Crippen molar-refractivity contribution < 1.29 is 14.2 Å². The van der Waals surface area contributed by atoms with E-state index in [9.17, 15) is 9.50 Å². The summed E-state index contributed by atoms with van der Waals surface area (Å²) in [6, 6.07) is 0.